The first-order valence-electron chi connectivity index (χ1n) is 13.6. The van der Waals surface area contributed by atoms with E-state index in [9.17, 15) is 9.59 Å². The fourth-order valence-electron chi connectivity index (χ4n) is 4.80. The number of ether oxygens (including phenoxy) is 3. The van der Waals surface area contributed by atoms with Crippen molar-refractivity contribution in [1.82, 2.24) is 15.1 Å². The van der Waals surface area contributed by atoms with Gasteiger partial charge in [0.05, 0.1) is 35.6 Å². The first-order chi connectivity index (χ1) is 19.2. The van der Waals surface area contributed by atoms with Crippen molar-refractivity contribution in [2.75, 3.05) is 7.11 Å². The topological polar surface area (TPSA) is 91.7 Å². The molecule has 0 radical (unpaired) electrons. The average molecular weight is 558 g/mol. The zero-order valence-corrected chi connectivity index (χ0v) is 25.3. The van der Waals surface area contributed by atoms with Crippen LogP contribution in [0.25, 0.3) is 16.9 Å². The average Bonchev–Trinajstić information content (AvgIpc) is 3.32. The van der Waals surface area contributed by atoms with Crippen molar-refractivity contribution in [2.45, 2.75) is 72.5 Å². The van der Waals surface area contributed by atoms with Crippen LogP contribution in [0, 0.1) is 0 Å². The molecule has 1 N–H and O–H groups in total. The molecule has 8 heteroatoms. The lowest BCUT2D eigenvalue weighted by atomic mass is 9.79. The van der Waals surface area contributed by atoms with E-state index in [0.29, 0.717) is 39.5 Å². The number of aromatic nitrogens is 2. The number of hydrogen-bond donors (Lipinski definition) is 1. The summed E-state index contributed by atoms with van der Waals surface area (Å²) in [6, 6.07) is 17.2. The van der Waals surface area contributed by atoms with E-state index in [1.165, 1.54) is 0 Å². The van der Waals surface area contributed by atoms with Gasteiger partial charge in [-0.25, -0.2) is 14.3 Å². The molecule has 0 saturated carbocycles. The molecular weight excluding hydrogens is 518 g/mol. The molecule has 1 aliphatic heterocycles. The Morgan fingerprint density at radius 2 is 1.32 bits per heavy atom. The molecule has 0 aliphatic carbocycles. The predicted octanol–water partition coefficient (Wildman–Crippen LogP) is 6.47. The Morgan fingerprint density at radius 3 is 1.78 bits per heavy atom. The third kappa shape index (κ3) is 6.70. The normalized spacial score (nSPS) is 14.6. The summed E-state index contributed by atoms with van der Waals surface area (Å²) in [5, 5.41) is 8.21. The highest BCUT2D eigenvalue weighted by Crippen LogP contribution is 2.44. The third-order valence-corrected chi connectivity index (χ3v) is 6.44. The molecule has 0 atom stereocenters. The summed E-state index contributed by atoms with van der Waals surface area (Å²) in [5.41, 5.74) is 3.28. The van der Waals surface area contributed by atoms with Gasteiger partial charge in [-0.3, -0.25) is 0 Å². The number of benzene rings is 2. The van der Waals surface area contributed by atoms with Crippen LogP contribution < -0.4 is 10.1 Å². The van der Waals surface area contributed by atoms with E-state index in [0.717, 1.165) is 11.3 Å². The minimum absolute atomic E-state index is 0.328. The highest BCUT2D eigenvalue weighted by atomic mass is 16.6. The van der Waals surface area contributed by atoms with E-state index in [1.807, 2.05) is 116 Å². The van der Waals surface area contributed by atoms with E-state index in [4.69, 9.17) is 19.3 Å². The Kier molecular flexibility index (Phi) is 8.15. The van der Waals surface area contributed by atoms with Crippen molar-refractivity contribution in [3.05, 3.63) is 88.9 Å². The maximum atomic E-state index is 13.8. The number of esters is 2. The van der Waals surface area contributed by atoms with Gasteiger partial charge >= 0.3 is 11.9 Å². The second-order valence-corrected chi connectivity index (χ2v) is 12.1. The Morgan fingerprint density at radius 1 is 0.805 bits per heavy atom. The van der Waals surface area contributed by atoms with Crippen LogP contribution in [0.2, 0.25) is 0 Å². The Balaban J connectivity index is 2.01. The van der Waals surface area contributed by atoms with Gasteiger partial charge in [-0.05, 0) is 91.8 Å². The molecule has 0 amide bonds. The number of rotatable bonds is 6. The molecule has 8 nitrogen and oxygen atoms in total. The minimum atomic E-state index is -0.810. The van der Waals surface area contributed by atoms with E-state index in [-0.39, 0.29) is 0 Å². The molecule has 41 heavy (non-hydrogen) atoms. The number of carbonyl (C=O) groups excluding carboxylic acids is 2. The highest BCUT2D eigenvalue weighted by Gasteiger charge is 2.42. The molecule has 0 fully saturated rings. The van der Waals surface area contributed by atoms with Crippen LogP contribution in [0.5, 0.6) is 5.75 Å². The van der Waals surface area contributed by atoms with Gasteiger partial charge in [0.2, 0.25) is 0 Å². The standard InChI is InChI=1S/C33H39N3O5/c1-20-26(30(37)40-32(3,4)5)28(27(21(2)34-20)31(38)41-33(6,7)8)25-19-36(23-13-11-10-12-14-23)35-29(25)22-15-17-24(39-9)18-16-22/h10-19,28,34H,1-9H3. The summed E-state index contributed by atoms with van der Waals surface area (Å²) in [4.78, 5) is 27.7. The lowest BCUT2D eigenvalue weighted by Crippen LogP contribution is -2.36. The maximum absolute atomic E-state index is 13.8. The zero-order valence-electron chi connectivity index (χ0n) is 25.3. The summed E-state index contributed by atoms with van der Waals surface area (Å²) in [5.74, 6) is -1.14. The van der Waals surface area contributed by atoms with E-state index in [2.05, 4.69) is 5.32 Å². The molecule has 0 unspecified atom stereocenters. The van der Waals surface area contributed by atoms with Gasteiger partial charge in [-0.1, -0.05) is 18.2 Å². The number of allylic oxidation sites excluding steroid dienone is 2. The van der Waals surface area contributed by atoms with Gasteiger partial charge in [0.25, 0.3) is 0 Å². The van der Waals surface area contributed by atoms with Crippen LogP contribution >= 0.6 is 0 Å². The molecule has 0 bridgehead atoms. The molecular formula is C33H39N3O5. The van der Waals surface area contributed by atoms with Crippen molar-refractivity contribution in [1.29, 1.82) is 0 Å². The van der Waals surface area contributed by atoms with Crippen molar-refractivity contribution >= 4 is 11.9 Å². The molecule has 0 spiro atoms. The first-order valence-corrected chi connectivity index (χ1v) is 13.6. The van der Waals surface area contributed by atoms with Crippen LogP contribution in [0.1, 0.15) is 66.9 Å². The lowest BCUT2D eigenvalue weighted by molar-refractivity contribution is -0.150. The first kappa shape index (κ1) is 29.6. The minimum Gasteiger partial charge on any atom is -0.497 e. The van der Waals surface area contributed by atoms with Crippen molar-refractivity contribution < 1.29 is 23.8 Å². The third-order valence-electron chi connectivity index (χ3n) is 6.44. The van der Waals surface area contributed by atoms with E-state index in [1.54, 1.807) is 11.8 Å². The Hall–Kier alpha value is -4.33. The van der Waals surface area contributed by atoms with Crippen molar-refractivity contribution in [3.63, 3.8) is 0 Å². The summed E-state index contributed by atoms with van der Waals surface area (Å²) in [7, 11) is 1.61. The molecule has 0 saturated heterocycles. The van der Waals surface area contributed by atoms with Crippen LogP contribution in [0.3, 0.4) is 0 Å². The highest BCUT2D eigenvalue weighted by molar-refractivity contribution is 6.00. The predicted molar refractivity (Wildman–Crippen MR) is 159 cm³/mol. The van der Waals surface area contributed by atoms with Crippen LogP contribution in [-0.4, -0.2) is 40.0 Å². The number of methoxy groups -OCH3 is 1. The van der Waals surface area contributed by atoms with Gasteiger partial charge in [0.15, 0.2) is 0 Å². The van der Waals surface area contributed by atoms with Gasteiger partial charge in [0.1, 0.15) is 17.0 Å². The number of carbonyl (C=O) groups is 2. The van der Waals surface area contributed by atoms with Crippen LogP contribution in [0.4, 0.5) is 0 Å². The van der Waals surface area contributed by atoms with E-state index < -0.39 is 29.1 Å². The largest absolute Gasteiger partial charge is 0.497 e. The summed E-state index contributed by atoms with van der Waals surface area (Å²) < 4.78 is 18.9. The molecule has 4 rings (SSSR count). The smallest absolute Gasteiger partial charge is 0.337 e. The fourth-order valence-corrected chi connectivity index (χ4v) is 4.80. The van der Waals surface area contributed by atoms with Crippen molar-refractivity contribution in [2.24, 2.45) is 0 Å². The quantitative estimate of drug-likeness (QED) is 0.348. The second-order valence-electron chi connectivity index (χ2n) is 12.1. The van der Waals surface area contributed by atoms with Crippen molar-refractivity contribution in [3.8, 4) is 22.7 Å². The zero-order chi connectivity index (χ0) is 30.1. The monoisotopic (exact) mass is 557 g/mol. The maximum Gasteiger partial charge on any atom is 0.337 e. The van der Waals surface area contributed by atoms with E-state index >= 15 is 0 Å². The van der Waals surface area contributed by atoms with Gasteiger partial charge < -0.3 is 19.5 Å². The molecule has 2 aromatic carbocycles. The summed E-state index contributed by atoms with van der Waals surface area (Å²) >= 11 is 0. The Labute approximate surface area is 242 Å². The second kappa shape index (κ2) is 11.3. The molecule has 1 aliphatic rings. The van der Waals surface area contributed by atoms with Gasteiger partial charge in [0, 0.05) is 28.7 Å². The molecule has 2 heterocycles. The van der Waals surface area contributed by atoms with Gasteiger partial charge in [-0.2, -0.15) is 5.10 Å². The van der Waals surface area contributed by atoms with Crippen LogP contribution in [0.15, 0.2) is 83.3 Å². The Bertz CT molecular complexity index is 1450. The molecule has 3 aromatic rings. The lowest BCUT2D eigenvalue weighted by Gasteiger charge is -2.33. The number of nitrogens with zero attached hydrogens (tertiary/aromatic N) is 2. The SMILES string of the molecule is COc1ccc(-c2nn(-c3ccccc3)cc2C2C(C(=O)OC(C)(C)C)=C(C)NC(C)=C2C(=O)OC(C)(C)C)cc1. The van der Waals surface area contributed by atoms with Gasteiger partial charge in [-0.15, -0.1) is 0 Å². The molecule has 1 aromatic heterocycles. The van der Waals surface area contributed by atoms with Crippen LogP contribution in [-0.2, 0) is 19.1 Å². The number of para-hydroxylation sites is 1. The molecule has 216 valence electrons. The fraction of sp³-hybridized carbons (Fsp3) is 0.364. The summed E-state index contributed by atoms with van der Waals surface area (Å²) in [6.45, 7) is 14.5. The summed E-state index contributed by atoms with van der Waals surface area (Å²) in [6.07, 6.45) is 1.88. The number of dihydropyridines is 1. The number of hydrogen-bond acceptors (Lipinski definition) is 7. The number of nitrogens with one attached hydrogen (secondary N) is 1.